The molecule has 0 N–H and O–H groups in total. The Balaban J connectivity index is 1.55. The summed E-state index contributed by atoms with van der Waals surface area (Å²) in [4.78, 5) is 0. The van der Waals surface area contributed by atoms with Gasteiger partial charge < -0.3 is 0 Å². The molecule has 122 valence electrons. The molecule has 0 radical (unpaired) electrons. The fourth-order valence-corrected chi connectivity index (χ4v) is 7.37. The average Bonchev–Trinajstić information content (AvgIpc) is 2.50. The van der Waals surface area contributed by atoms with E-state index in [0.29, 0.717) is 5.92 Å². The van der Waals surface area contributed by atoms with Gasteiger partial charge in [0.25, 0.3) is 6.69 Å². The lowest BCUT2D eigenvalue weighted by Crippen LogP contribution is -2.31. The van der Waals surface area contributed by atoms with E-state index >= 15 is 0 Å². The van der Waals surface area contributed by atoms with Crippen LogP contribution in [0.3, 0.4) is 0 Å². The lowest BCUT2D eigenvalue weighted by Gasteiger charge is -2.38. The zero-order valence-corrected chi connectivity index (χ0v) is 15.1. The Morgan fingerprint density at radius 1 is 0.818 bits per heavy atom. The lowest BCUT2D eigenvalue weighted by atomic mass is 9.72. The Morgan fingerprint density at radius 2 is 1.41 bits per heavy atom. The fraction of sp³-hybridized carbons (Fsp3) is 0.647. The molecule has 5 heteroatoms. The van der Waals surface area contributed by atoms with Gasteiger partial charge in [0.05, 0.1) is 0 Å². The highest BCUT2D eigenvalue weighted by Gasteiger charge is 2.38. The van der Waals surface area contributed by atoms with Crippen molar-refractivity contribution in [1.82, 2.24) is 0 Å². The second-order valence-electron chi connectivity index (χ2n) is 6.98. The van der Waals surface area contributed by atoms with Crippen molar-refractivity contribution >= 4 is 28.9 Å². The molecule has 1 aliphatic heterocycles. The molecule has 0 nitrogen and oxygen atoms in total. The van der Waals surface area contributed by atoms with Crippen LogP contribution in [0.5, 0.6) is 0 Å². The number of hydrogen-bond donors (Lipinski definition) is 0. The minimum atomic E-state index is -1.91. The normalized spacial score (nSPS) is 29.5. The Hall–Kier alpha value is -0.123. The van der Waals surface area contributed by atoms with Gasteiger partial charge in [-0.05, 0) is 73.2 Å². The van der Waals surface area contributed by atoms with E-state index in [2.05, 4.69) is 0 Å². The number of benzene rings is 1. The highest BCUT2D eigenvalue weighted by atomic mass is 35.7. The molecule has 0 amide bonds. The largest absolute Gasteiger partial charge is 0.251 e. The molecule has 1 aromatic rings. The van der Waals surface area contributed by atoms with E-state index in [-0.39, 0.29) is 0 Å². The Labute approximate surface area is 141 Å². The Kier molecular flexibility index (Phi) is 5.15. The van der Waals surface area contributed by atoms with Crippen LogP contribution in [0.4, 0.5) is 8.78 Å². The molecule has 0 bridgehead atoms. The average molecular weight is 363 g/mol. The maximum absolute atomic E-state index is 13.4. The van der Waals surface area contributed by atoms with Gasteiger partial charge in [-0.25, -0.2) is 8.78 Å². The molecule has 1 heterocycles. The summed E-state index contributed by atoms with van der Waals surface area (Å²) in [5, 5.41) is 0. The monoisotopic (exact) mass is 362 g/mol. The first-order chi connectivity index (χ1) is 10.4. The SMILES string of the molecule is Fc1ccc(C2CCC(C3CC[Si](Cl)(Cl)CC3)CC2)cc1F. The van der Waals surface area contributed by atoms with Crippen molar-refractivity contribution in [3.05, 3.63) is 35.4 Å². The van der Waals surface area contributed by atoms with E-state index in [9.17, 15) is 8.78 Å². The summed E-state index contributed by atoms with van der Waals surface area (Å²) in [5.74, 6) is 0.431. The van der Waals surface area contributed by atoms with Gasteiger partial charge >= 0.3 is 0 Å². The third-order valence-electron chi connectivity index (χ3n) is 5.62. The first-order valence-corrected chi connectivity index (χ1v) is 12.7. The maximum Gasteiger partial charge on any atom is 0.251 e. The highest BCUT2D eigenvalue weighted by Crippen LogP contribution is 2.46. The van der Waals surface area contributed by atoms with E-state index in [4.69, 9.17) is 22.2 Å². The number of halogens is 4. The minimum absolute atomic E-state index is 0.379. The van der Waals surface area contributed by atoms with Crippen molar-refractivity contribution in [2.75, 3.05) is 0 Å². The summed E-state index contributed by atoms with van der Waals surface area (Å²) in [7, 11) is 0. The van der Waals surface area contributed by atoms with Crippen molar-refractivity contribution < 1.29 is 8.78 Å². The fourth-order valence-electron chi connectivity index (χ4n) is 4.22. The summed E-state index contributed by atoms with van der Waals surface area (Å²) in [6, 6.07) is 6.43. The zero-order chi connectivity index (χ0) is 15.7. The van der Waals surface area contributed by atoms with Gasteiger partial charge in [0.1, 0.15) is 0 Å². The molecule has 3 rings (SSSR count). The van der Waals surface area contributed by atoms with E-state index in [1.54, 1.807) is 6.07 Å². The predicted octanol–water partition coefficient (Wildman–Crippen LogP) is 6.57. The third kappa shape index (κ3) is 3.85. The van der Waals surface area contributed by atoms with E-state index < -0.39 is 18.3 Å². The molecular weight excluding hydrogens is 341 g/mol. The molecule has 1 saturated carbocycles. The first-order valence-electron chi connectivity index (χ1n) is 8.27. The number of rotatable bonds is 2. The maximum atomic E-state index is 13.4. The predicted molar refractivity (Wildman–Crippen MR) is 90.9 cm³/mol. The lowest BCUT2D eigenvalue weighted by molar-refractivity contribution is 0.216. The highest BCUT2D eigenvalue weighted by molar-refractivity contribution is 7.45. The van der Waals surface area contributed by atoms with Gasteiger partial charge in [0.2, 0.25) is 0 Å². The van der Waals surface area contributed by atoms with Crippen molar-refractivity contribution in [2.45, 2.75) is 56.5 Å². The second kappa shape index (κ2) is 6.78. The van der Waals surface area contributed by atoms with Crippen molar-refractivity contribution in [3.8, 4) is 0 Å². The van der Waals surface area contributed by atoms with Crippen LogP contribution < -0.4 is 0 Å². The Bertz CT molecular complexity index is 517. The molecule has 2 fully saturated rings. The molecule has 0 unspecified atom stereocenters. The van der Waals surface area contributed by atoms with E-state index in [1.807, 2.05) is 0 Å². The van der Waals surface area contributed by atoms with Crippen molar-refractivity contribution in [2.24, 2.45) is 11.8 Å². The van der Waals surface area contributed by atoms with Crippen LogP contribution in [0.2, 0.25) is 12.1 Å². The first kappa shape index (κ1) is 16.7. The standard InChI is InChI=1S/C17H22Cl2F2Si/c18-22(19)9-7-14(8-10-22)12-1-3-13(4-2-12)15-5-6-16(20)17(21)11-15/h5-6,11-14H,1-4,7-10H2. The summed E-state index contributed by atoms with van der Waals surface area (Å²) < 4.78 is 26.4. The van der Waals surface area contributed by atoms with Gasteiger partial charge in [-0.3, -0.25) is 0 Å². The molecule has 22 heavy (non-hydrogen) atoms. The molecule has 0 spiro atoms. The molecule has 0 aromatic heterocycles. The topological polar surface area (TPSA) is 0 Å². The second-order valence-corrected chi connectivity index (χ2v) is 14.6. The van der Waals surface area contributed by atoms with E-state index in [1.165, 1.54) is 37.8 Å². The summed E-state index contributed by atoms with van der Waals surface area (Å²) in [5.41, 5.74) is 0.953. The van der Waals surface area contributed by atoms with Crippen LogP contribution in [0, 0.1) is 23.5 Å². The Morgan fingerprint density at radius 3 is 2.00 bits per heavy atom. The van der Waals surface area contributed by atoms with E-state index in [0.717, 1.165) is 42.3 Å². The van der Waals surface area contributed by atoms with Gasteiger partial charge in [0, 0.05) is 0 Å². The quantitative estimate of drug-likeness (QED) is 0.412. The van der Waals surface area contributed by atoms with Gasteiger partial charge in [-0.1, -0.05) is 18.9 Å². The third-order valence-corrected chi connectivity index (χ3v) is 9.92. The van der Waals surface area contributed by atoms with Crippen LogP contribution in [-0.2, 0) is 0 Å². The summed E-state index contributed by atoms with van der Waals surface area (Å²) in [6.45, 7) is -1.91. The number of hydrogen-bond acceptors (Lipinski definition) is 0. The molecule has 1 aliphatic carbocycles. The smallest absolute Gasteiger partial charge is 0.204 e. The van der Waals surface area contributed by atoms with Crippen molar-refractivity contribution in [1.29, 1.82) is 0 Å². The minimum Gasteiger partial charge on any atom is -0.204 e. The van der Waals surface area contributed by atoms with Gasteiger partial charge in [0.15, 0.2) is 11.6 Å². The zero-order valence-electron chi connectivity index (χ0n) is 12.6. The van der Waals surface area contributed by atoms with Gasteiger partial charge in [-0.2, -0.15) is 0 Å². The van der Waals surface area contributed by atoms with Gasteiger partial charge in [-0.15, -0.1) is 22.2 Å². The summed E-state index contributed by atoms with van der Waals surface area (Å²) in [6.07, 6.45) is 6.90. The molecule has 1 aromatic carbocycles. The van der Waals surface area contributed by atoms with Crippen LogP contribution in [0.15, 0.2) is 18.2 Å². The molecular formula is C17H22Cl2F2Si. The molecule has 2 aliphatic rings. The summed E-state index contributed by atoms with van der Waals surface area (Å²) >= 11 is 12.7. The van der Waals surface area contributed by atoms with Crippen LogP contribution in [-0.4, -0.2) is 6.69 Å². The van der Waals surface area contributed by atoms with Crippen molar-refractivity contribution in [3.63, 3.8) is 0 Å². The van der Waals surface area contributed by atoms with Crippen LogP contribution in [0.25, 0.3) is 0 Å². The molecule has 0 atom stereocenters. The van der Waals surface area contributed by atoms with Crippen LogP contribution in [0.1, 0.15) is 50.0 Å². The van der Waals surface area contributed by atoms with Crippen LogP contribution >= 0.6 is 22.2 Å². The molecule has 1 saturated heterocycles.